The molecule has 6 nitrogen and oxygen atoms in total. The molecular weight excluding hydrogens is 428 g/mol. The van der Waals surface area contributed by atoms with Gasteiger partial charge in [-0.05, 0) is 68.6 Å². The summed E-state index contributed by atoms with van der Waals surface area (Å²) in [6.45, 7) is 6.42. The van der Waals surface area contributed by atoms with Gasteiger partial charge in [0.15, 0.2) is 6.10 Å². The number of carboxylic acids is 1. The van der Waals surface area contributed by atoms with Gasteiger partial charge >= 0.3 is 5.97 Å². The van der Waals surface area contributed by atoms with Crippen LogP contribution in [0.1, 0.15) is 55.9 Å². The first-order chi connectivity index (χ1) is 15.4. The van der Waals surface area contributed by atoms with Gasteiger partial charge in [-0.25, -0.2) is 0 Å². The number of nitrogens with zero attached hydrogens (tertiary/aromatic N) is 2. The number of piperidine rings is 1. The molecule has 0 radical (unpaired) electrons. The van der Waals surface area contributed by atoms with E-state index in [4.69, 9.17) is 26.3 Å². The van der Waals surface area contributed by atoms with Crippen molar-refractivity contribution in [2.24, 2.45) is 11.1 Å². The van der Waals surface area contributed by atoms with Gasteiger partial charge in [-0.15, -0.1) is 0 Å². The second-order valence-electron chi connectivity index (χ2n) is 8.78. The smallest absolute Gasteiger partial charge is 0.306 e. The van der Waals surface area contributed by atoms with E-state index >= 15 is 0 Å². The van der Waals surface area contributed by atoms with Crippen molar-refractivity contribution in [1.29, 1.82) is 0 Å². The molecule has 0 amide bonds. The van der Waals surface area contributed by atoms with Crippen molar-refractivity contribution in [2.45, 2.75) is 51.9 Å². The lowest BCUT2D eigenvalue weighted by Gasteiger charge is -2.30. The Kier molecular flexibility index (Phi) is 7.01. The fourth-order valence-electron chi connectivity index (χ4n) is 4.19. The summed E-state index contributed by atoms with van der Waals surface area (Å²) in [7, 11) is 0. The number of hydrogen-bond acceptors (Lipinski definition) is 5. The Bertz CT molecular complexity index is 982. The van der Waals surface area contributed by atoms with Gasteiger partial charge < -0.3 is 14.7 Å². The van der Waals surface area contributed by atoms with E-state index in [0.29, 0.717) is 17.2 Å². The van der Waals surface area contributed by atoms with Gasteiger partial charge in [0.25, 0.3) is 0 Å². The van der Waals surface area contributed by atoms with E-state index in [1.54, 1.807) is 0 Å². The average molecular weight is 457 g/mol. The number of ether oxygens (including phenoxy) is 1. The van der Waals surface area contributed by atoms with Gasteiger partial charge in [-0.3, -0.25) is 9.69 Å². The molecule has 170 valence electrons. The second kappa shape index (κ2) is 9.92. The minimum Gasteiger partial charge on any atom is -0.489 e. The van der Waals surface area contributed by atoms with Crippen LogP contribution in [0.5, 0.6) is 5.75 Å². The molecule has 0 spiro atoms. The fourth-order valence-corrected chi connectivity index (χ4v) is 4.43. The highest BCUT2D eigenvalue weighted by Gasteiger charge is 2.26. The van der Waals surface area contributed by atoms with Crippen molar-refractivity contribution >= 4 is 23.3 Å². The summed E-state index contributed by atoms with van der Waals surface area (Å²) >= 11 is 6.38. The number of rotatable bonds is 7. The Morgan fingerprint density at radius 1 is 1.22 bits per heavy atom. The SMILES string of the molecule is CC(C)Oc1ccc(C2CC(c3ccc(CN4CCC(C(=O)O)CC4)cc3)=NO2)cc1Cl. The zero-order valence-electron chi connectivity index (χ0n) is 18.5. The zero-order valence-corrected chi connectivity index (χ0v) is 19.2. The number of hydrogen-bond donors (Lipinski definition) is 1. The molecule has 0 aromatic heterocycles. The minimum absolute atomic E-state index is 0.0653. The largest absolute Gasteiger partial charge is 0.489 e. The number of likely N-dealkylation sites (tertiary alicyclic amines) is 1. The molecule has 1 fully saturated rings. The molecular formula is C25H29ClN2O4. The lowest BCUT2D eigenvalue weighted by atomic mass is 9.96. The second-order valence-corrected chi connectivity index (χ2v) is 9.19. The Morgan fingerprint density at radius 2 is 1.94 bits per heavy atom. The highest BCUT2D eigenvalue weighted by molar-refractivity contribution is 6.32. The van der Waals surface area contributed by atoms with Crippen LogP contribution in [0.2, 0.25) is 5.02 Å². The van der Waals surface area contributed by atoms with Crippen LogP contribution in [-0.4, -0.2) is 40.9 Å². The summed E-state index contributed by atoms with van der Waals surface area (Å²) in [6, 6.07) is 14.1. The van der Waals surface area contributed by atoms with Crippen molar-refractivity contribution in [2.75, 3.05) is 13.1 Å². The first kappa shape index (κ1) is 22.6. The van der Waals surface area contributed by atoms with Crippen LogP contribution in [0, 0.1) is 5.92 Å². The third-order valence-corrected chi connectivity index (χ3v) is 6.28. The molecule has 7 heteroatoms. The summed E-state index contributed by atoms with van der Waals surface area (Å²) in [5.74, 6) is -0.197. The standard InChI is InChI=1S/C25H29ClN2O4/c1-16(2)31-23-8-7-20(13-21(23)26)24-14-22(27-32-24)18-5-3-17(4-6-18)15-28-11-9-19(10-12-28)25(29)30/h3-8,13,16,19,24H,9-12,14-15H2,1-2H3,(H,29,30). The van der Waals surface area contributed by atoms with E-state index in [2.05, 4.69) is 34.3 Å². The minimum atomic E-state index is -0.672. The van der Waals surface area contributed by atoms with E-state index in [0.717, 1.165) is 49.3 Å². The van der Waals surface area contributed by atoms with Crippen LogP contribution >= 0.6 is 11.6 Å². The Morgan fingerprint density at radius 3 is 2.56 bits per heavy atom. The van der Waals surface area contributed by atoms with E-state index < -0.39 is 5.97 Å². The first-order valence-electron chi connectivity index (χ1n) is 11.1. The predicted molar refractivity (Wildman–Crippen MR) is 124 cm³/mol. The van der Waals surface area contributed by atoms with E-state index in [1.165, 1.54) is 5.56 Å². The maximum absolute atomic E-state index is 11.1. The molecule has 2 heterocycles. The third-order valence-electron chi connectivity index (χ3n) is 5.99. The number of halogens is 1. The molecule has 4 rings (SSSR count). The topological polar surface area (TPSA) is 71.4 Å². The number of oxime groups is 1. The zero-order chi connectivity index (χ0) is 22.7. The first-order valence-corrected chi connectivity index (χ1v) is 11.5. The number of aliphatic carboxylic acids is 1. The molecule has 2 aromatic carbocycles. The highest BCUT2D eigenvalue weighted by atomic mass is 35.5. The van der Waals surface area contributed by atoms with E-state index in [9.17, 15) is 4.79 Å². The maximum atomic E-state index is 11.1. The van der Waals surface area contributed by atoms with Crippen LogP contribution in [0.25, 0.3) is 0 Å². The van der Waals surface area contributed by atoms with Gasteiger partial charge in [0.2, 0.25) is 0 Å². The lowest BCUT2D eigenvalue weighted by Crippen LogP contribution is -2.35. The number of benzene rings is 2. The van der Waals surface area contributed by atoms with Gasteiger partial charge in [-0.1, -0.05) is 47.1 Å². The molecule has 0 saturated carbocycles. The van der Waals surface area contributed by atoms with E-state index in [1.807, 2.05) is 32.0 Å². The summed E-state index contributed by atoms with van der Waals surface area (Å²) in [6.07, 6.45) is 2.03. The Balaban J connectivity index is 1.33. The van der Waals surface area contributed by atoms with Crippen LogP contribution in [0.4, 0.5) is 0 Å². The van der Waals surface area contributed by atoms with Gasteiger partial charge in [0, 0.05) is 13.0 Å². The normalized spacial score (nSPS) is 19.6. The maximum Gasteiger partial charge on any atom is 0.306 e. The summed E-state index contributed by atoms with van der Waals surface area (Å²) in [5, 5.41) is 14.0. The summed E-state index contributed by atoms with van der Waals surface area (Å²) in [5.41, 5.74) is 4.16. The van der Waals surface area contributed by atoms with Crippen LogP contribution in [0.3, 0.4) is 0 Å². The van der Waals surface area contributed by atoms with Gasteiger partial charge in [-0.2, -0.15) is 0 Å². The molecule has 0 bridgehead atoms. The summed E-state index contributed by atoms with van der Waals surface area (Å²) < 4.78 is 5.70. The highest BCUT2D eigenvalue weighted by Crippen LogP contribution is 2.34. The number of carboxylic acid groups (broad SMARTS) is 1. The molecule has 2 aromatic rings. The molecule has 0 aliphatic carbocycles. The summed E-state index contributed by atoms with van der Waals surface area (Å²) in [4.78, 5) is 19.1. The van der Waals surface area contributed by atoms with E-state index in [-0.39, 0.29) is 18.1 Å². The molecule has 1 N–H and O–H groups in total. The quantitative estimate of drug-likeness (QED) is 0.613. The van der Waals surface area contributed by atoms with Crippen molar-refractivity contribution in [3.05, 3.63) is 64.2 Å². The monoisotopic (exact) mass is 456 g/mol. The molecule has 2 aliphatic rings. The van der Waals surface area contributed by atoms with Crippen LogP contribution < -0.4 is 4.74 Å². The van der Waals surface area contributed by atoms with Gasteiger partial charge in [0.05, 0.1) is 22.8 Å². The van der Waals surface area contributed by atoms with Crippen LogP contribution in [-0.2, 0) is 16.2 Å². The average Bonchev–Trinajstić information content (AvgIpc) is 3.26. The van der Waals surface area contributed by atoms with Crippen molar-refractivity contribution in [3.63, 3.8) is 0 Å². The molecule has 32 heavy (non-hydrogen) atoms. The molecule has 1 saturated heterocycles. The van der Waals surface area contributed by atoms with Crippen LogP contribution in [0.15, 0.2) is 47.6 Å². The van der Waals surface area contributed by atoms with Crippen molar-refractivity contribution in [1.82, 2.24) is 4.90 Å². The number of carbonyl (C=O) groups is 1. The van der Waals surface area contributed by atoms with Gasteiger partial charge in [0.1, 0.15) is 5.75 Å². The van der Waals surface area contributed by atoms with Crippen molar-refractivity contribution < 1.29 is 19.5 Å². The fraction of sp³-hybridized carbons (Fsp3) is 0.440. The third kappa shape index (κ3) is 5.43. The lowest BCUT2D eigenvalue weighted by molar-refractivity contribution is -0.143. The molecule has 1 atom stereocenters. The Labute approximate surface area is 193 Å². The Hall–Kier alpha value is -2.57. The molecule has 1 unspecified atom stereocenters. The molecule has 2 aliphatic heterocycles. The van der Waals surface area contributed by atoms with Crippen molar-refractivity contribution in [3.8, 4) is 5.75 Å². The predicted octanol–water partition coefficient (Wildman–Crippen LogP) is 5.29.